The first kappa shape index (κ1) is 13.4. The molecule has 0 heterocycles. The lowest BCUT2D eigenvalue weighted by atomic mass is 9.95. The number of phenolic OH excluding ortho intramolecular Hbond substituents is 1. The third kappa shape index (κ3) is 3.42. The largest absolute Gasteiger partial charge is 0.505 e. The Bertz CT molecular complexity index is 407. The first-order valence-electron chi connectivity index (χ1n) is 5.45. The van der Waals surface area contributed by atoms with E-state index in [9.17, 15) is 9.18 Å². The molecular formula is C12H17FN2O2. The average molecular weight is 240 g/mol. The number of nitrogens with two attached hydrogens (primary N) is 1. The fraction of sp³-hybridized carbons (Fsp3) is 0.417. The highest BCUT2D eigenvalue weighted by Crippen LogP contribution is 2.20. The van der Waals surface area contributed by atoms with Crippen LogP contribution in [0.1, 0.15) is 13.8 Å². The van der Waals surface area contributed by atoms with Crippen molar-refractivity contribution in [2.75, 3.05) is 11.9 Å². The molecule has 0 fully saturated rings. The molecule has 5 heteroatoms. The van der Waals surface area contributed by atoms with Crippen LogP contribution >= 0.6 is 0 Å². The van der Waals surface area contributed by atoms with E-state index in [1.54, 1.807) is 0 Å². The highest BCUT2D eigenvalue weighted by atomic mass is 19.1. The summed E-state index contributed by atoms with van der Waals surface area (Å²) >= 11 is 0. The van der Waals surface area contributed by atoms with Crippen LogP contribution in [0.3, 0.4) is 0 Å². The van der Waals surface area contributed by atoms with Crippen LogP contribution in [0.4, 0.5) is 10.1 Å². The molecule has 0 aromatic heterocycles. The van der Waals surface area contributed by atoms with Crippen LogP contribution in [0.15, 0.2) is 18.2 Å². The van der Waals surface area contributed by atoms with Gasteiger partial charge in [0.05, 0.1) is 5.92 Å². The summed E-state index contributed by atoms with van der Waals surface area (Å²) in [6.45, 7) is 4.03. The Balaban J connectivity index is 2.77. The molecule has 0 radical (unpaired) electrons. The SMILES string of the molecule is CC(C)C(CN)C(=O)Nc1ccc(O)c(F)c1. The zero-order valence-electron chi connectivity index (χ0n) is 9.90. The Kier molecular flexibility index (Phi) is 4.45. The Hall–Kier alpha value is -1.62. The minimum atomic E-state index is -0.767. The van der Waals surface area contributed by atoms with Crippen molar-refractivity contribution in [1.29, 1.82) is 0 Å². The molecule has 1 aromatic carbocycles. The summed E-state index contributed by atoms with van der Waals surface area (Å²) in [6, 6.07) is 3.70. The van der Waals surface area contributed by atoms with E-state index in [0.717, 1.165) is 6.07 Å². The first-order valence-corrected chi connectivity index (χ1v) is 5.45. The van der Waals surface area contributed by atoms with Crippen LogP contribution < -0.4 is 11.1 Å². The Labute approximate surface area is 99.6 Å². The van der Waals surface area contributed by atoms with E-state index in [1.165, 1.54) is 12.1 Å². The van der Waals surface area contributed by atoms with Gasteiger partial charge in [-0.1, -0.05) is 13.8 Å². The lowest BCUT2D eigenvalue weighted by Gasteiger charge is -2.18. The van der Waals surface area contributed by atoms with Crippen LogP contribution in [0.5, 0.6) is 5.75 Å². The van der Waals surface area contributed by atoms with Crippen molar-refractivity contribution < 1.29 is 14.3 Å². The second kappa shape index (κ2) is 5.63. The van der Waals surface area contributed by atoms with Gasteiger partial charge in [-0.3, -0.25) is 4.79 Å². The maximum atomic E-state index is 13.0. The van der Waals surface area contributed by atoms with Gasteiger partial charge < -0.3 is 16.2 Å². The summed E-state index contributed by atoms with van der Waals surface area (Å²) in [5.41, 5.74) is 5.82. The number of halogens is 1. The lowest BCUT2D eigenvalue weighted by Crippen LogP contribution is -2.33. The van der Waals surface area contributed by atoms with Gasteiger partial charge in [-0.2, -0.15) is 0 Å². The normalized spacial score (nSPS) is 12.5. The summed E-state index contributed by atoms with van der Waals surface area (Å²) in [6.07, 6.45) is 0. The van der Waals surface area contributed by atoms with Crippen LogP contribution in [0.25, 0.3) is 0 Å². The molecule has 94 valence electrons. The molecule has 1 amide bonds. The number of phenols is 1. The highest BCUT2D eigenvalue weighted by molar-refractivity contribution is 5.92. The third-order valence-electron chi connectivity index (χ3n) is 2.61. The average Bonchev–Trinajstić information content (AvgIpc) is 2.24. The molecule has 0 aliphatic rings. The third-order valence-corrected chi connectivity index (χ3v) is 2.61. The van der Waals surface area contributed by atoms with Crippen molar-refractivity contribution in [2.24, 2.45) is 17.6 Å². The number of carbonyl (C=O) groups excluding carboxylic acids is 1. The first-order chi connectivity index (χ1) is 7.95. The van der Waals surface area contributed by atoms with Crippen LogP contribution in [-0.4, -0.2) is 17.6 Å². The number of amides is 1. The van der Waals surface area contributed by atoms with Gasteiger partial charge in [0, 0.05) is 18.3 Å². The van der Waals surface area contributed by atoms with Crippen molar-refractivity contribution in [3.05, 3.63) is 24.0 Å². The van der Waals surface area contributed by atoms with Gasteiger partial charge in [0.2, 0.25) is 5.91 Å². The van der Waals surface area contributed by atoms with Crippen LogP contribution in [-0.2, 0) is 4.79 Å². The number of anilines is 1. The van der Waals surface area contributed by atoms with E-state index in [-0.39, 0.29) is 24.3 Å². The van der Waals surface area contributed by atoms with E-state index in [4.69, 9.17) is 10.8 Å². The quantitative estimate of drug-likeness (QED) is 0.701. The molecule has 0 saturated carbocycles. The minimum absolute atomic E-state index is 0.113. The maximum absolute atomic E-state index is 13.0. The van der Waals surface area contributed by atoms with Gasteiger partial charge in [0.25, 0.3) is 0 Å². The summed E-state index contributed by atoms with van der Waals surface area (Å²) in [5, 5.41) is 11.6. The lowest BCUT2D eigenvalue weighted by molar-refractivity contribution is -0.120. The summed E-state index contributed by atoms with van der Waals surface area (Å²) in [4.78, 5) is 11.8. The number of hydrogen-bond donors (Lipinski definition) is 3. The molecule has 0 spiro atoms. The minimum Gasteiger partial charge on any atom is -0.505 e. The number of aromatic hydroxyl groups is 1. The van der Waals surface area contributed by atoms with Gasteiger partial charge in [-0.25, -0.2) is 4.39 Å². The number of benzene rings is 1. The Morgan fingerprint density at radius 1 is 1.53 bits per heavy atom. The predicted molar refractivity (Wildman–Crippen MR) is 64.1 cm³/mol. The van der Waals surface area contributed by atoms with Crippen LogP contribution in [0, 0.1) is 17.7 Å². The van der Waals surface area contributed by atoms with Gasteiger partial charge in [0.15, 0.2) is 11.6 Å². The van der Waals surface area contributed by atoms with E-state index in [2.05, 4.69) is 5.32 Å². The summed E-state index contributed by atoms with van der Waals surface area (Å²) in [7, 11) is 0. The number of rotatable bonds is 4. The second-order valence-electron chi connectivity index (χ2n) is 4.24. The molecule has 0 aliphatic carbocycles. The van der Waals surface area contributed by atoms with Gasteiger partial charge >= 0.3 is 0 Å². The monoisotopic (exact) mass is 240 g/mol. The molecule has 1 rings (SSSR count). The maximum Gasteiger partial charge on any atom is 0.229 e. The second-order valence-corrected chi connectivity index (χ2v) is 4.24. The Morgan fingerprint density at radius 2 is 2.18 bits per heavy atom. The number of hydrogen-bond acceptors (Lipinski definition) is 3. The number of carbonyl (C=O) groups is 1. The molecule has 17 heavy (non-hydrogen) atoms. The van der Waals surface area contributed by atoms with Crippen molar-refractivity contribution >= 4 is 11.6 Å². The standard InChI is InChI=1S/C12H17FN2O2/c1-7(2)9(6-14)12(17)15-8-3-4-11(16)10(13)5-8/h3-5,7,9,16H,6,14H2,1-2H3,(H,15,17). The van der Waals surface area contributed by atoms with Crippen molar-refractivity contribution in [1.82, 2.24) is 0 Å². The van der Waals surface area contributed by atoms with E-state index in [1.807, 2.05) is 13.8 Å². The molecule has 0 aliphatic heterocycles. The molecule has 1 aromatic rings. The highest BCUT2D eigenvalue weighted by Gasteiger charge is 2.20. The molecule has 1 unspecified atom stereocenters. The summed E-state index contributed by atoms with van der Waals surface area (Å²) < 4.78 is 13.0. The number of nitrogens with one attached hydrogen (secondary N) is 1. The topological polar surface area (TPSA) is 75.4 Å². The molecule has 0 saturated heterocycles. The fourth-order valence-electron chi connectivity index (χ4n) is 1.50. The fourth-order valence-corrected chi connectivity index (χ4v) is 1.50. The van der Waals surface area contributed by atoms with E-state index < -0.39 is 11.6 Å². The predicted octanol–water partition coefficient (Wildman–Crippen LogP) is 1.70. The zero-order valence-corrected chi connectivity index (χ0v) is 9.90. The van der Waals surface area contributed by atoms with E-state index >= 15 is 0 Å². The van der Waals surface area contributed by atoms with Crippen molar-refractivity contribution in [2.45, 2.75) is 13.8 Å². The van der Waals surface area contributed by atoms with Gasteiger partial charge in [0.1, 0.15) is 0 Å². The van der Waals surface area contributed by atoms with Gasteiger partial charge in [-0.15, -0.1) is 0 Å². The van der Waals surface area contributed by atoms with Gasteiger partial charge in [-0.05, 0) is 18.1 Å². The molecule has 0 bridgehead atoms. The molecule has 4 nitrogen and oxygen atoms in total. The smallest absolute Gasteiger partial charge is 0.229 e. The zero-order chi connectivity index (χ0) is 13.0. The molecule has 1 atom stereocenters. The van der Waals surface area contributed by atoms with Crippen LogP contribution in [0.2, 0.25) is 0 Å². The van der Waals surface area contributed by atoms with E-state index in [0.29, 0.717) is 5.69 Å². The summed E-state index contributed by atoms with van der Waals surface area (Å²) in [5.74, 6) is -1.65. The Morgan fingerprint density at radius 3 is 2.65 bits per heavy atom. The molecule has 4 N–H and O–H groups in total. The van der Waals surface area contributed by atoms with Crippen molar-refractivity contribution in [3.63, 3.8) is 0 Å². The molecular weight excluding hydrogens is 223 g/mol. The van der Waals surface area contributed by atoms with Crippen molar-refractivity contribution in [3.8, 4) is 5.75 Å².